The van der Waals surface area contributed by atoms with E-state index in [0.717, 1.165) is 6.20 Å². The maximum Gasteiger partial charge on any atom is 0.287 e. The number of hydrogen-bond donors (Lipinski definition) is 0. The summed E-state index contributed by atoms with van der Waals surface area (Å²) in [4.78, 5) is 23.0. The molecule has 0 aliphatic carbocycles. The van der Waals surface area contributed by atoms with Crippen molar-refractivity contribution in [3.05, 3.63) is 71.2 Å². The molecule has 0 saturated carbocycles. The molecular formula is C21H16N5O5S. The normalized spacial score (nSPS) is 11.6. The molecule has 4 aromatic rings. The zero-order valence-electron chi connectivity index (χ0n) is 17.0. The third-order valence-electron chi connectivity index (χ3n) is 4.65. The van der Waals surface area contributed by atoms with E-state index in [1.54, 1.807) is 32.0 Å². The van der Waals surface area contributed by atoms with Gasteiger partial charge in [-0.25, -0.2) is 23.4 Å². The van der Waals surface area contributed by atoms with E-state index in [0.29, 0.717) is 28.3 Å². The van der Waals surface area contributed by atoms with Gasteiger partial charge in [-0.3, -0.25) is 10.1 Å². The first-order chi connectivity index (χ1) is 15.3. The van der Waals surface area contributed by atoms with Gasteiger partial charge in [-0.2, -0.15) is 0 Å². The summed E-state index contributed by atoms with van der Waals surface area (Å²) in [5.74, 6) is 0.286. The Kier molecular flexibility index (Phi) is 5.49. The van der Waals surface area contributed by atoms with Gasteiger partial charge in [-0.05, 0) is 32.0 Å². The van der Waals surface area contributed by atoms with Gasteiger partial charge in [0.2, 0.25) is 0 Å². The van der Waals surface area contributed by atoms with Crippen LogP contribution in [0.4, 0.5) is 5.69 Å². The number of pyridine rings is 1. The molecule has 0 atom stereocenters. The van der Waals surface area contributed by atoms with E-state index in [4.69, 9.17) is 4.52 Å². The zero-order chi connectivity index (χ0) is 22.9. The molecule has 0 fully saturated rings. The van der Waals surface area contributed by atoms with Crippen molar-refractivity contribution >= 4 is 15.5 Å². The van der Waals surface area contributed by atoms with Crippen LogP contribution >= 0.6 is 0 Å². The van der Waals surface area contributed by atoms with Crippen LogP contribution in [-0.2, 0) is 9.84 Å². The summed E-state index contributed by atoms with van der Waals surface area (Å²) < 4.78 is 29.9. The molecule has 0 aliphatic heterocycles. The van der Waals surface area contributed by atoms with E-state index in [-0.39, 0.29) is 16.3 Å². The van der Waals surface area contributed by atoms with E-state index in [1.165, 1.54) is 30.5 Å². The standard InChI is InChI=1S/C21H16N5O5S/c1-13(2)32(29,30)16-6-3-14(4-7-16)19-11-22-12-20(24-19)21-9-18(25-31-21)17-8-5-15(10-23-17)26(27)28/h3-11,13H,1-2H3. The van der Waals surface area contributed by atoms with Crippen molar-refractivity contribution in [2.45, 2.75) is 24.0 Å². The first-order valence-electron chi connectivity index (χ1n) is 9.42. The molecule has 11 heteroatoms. The van der Waals surface area contributed by atoms with E-state index in [9.17, 15) is 18.5 Å². The lowest BCUT2D eigenvalue weighted by Crippen LogP contribution is -2.13. The highest BCUT2D eigenvalue weighted by molar-refractivity contribution is 7.92. The Morgan fingerprint density at radius 3 is 2.41 bits per heavy atom. The lowest BCUT2D eigenvalue weighted by atomic mass is 10.1. The van der Waals surface area contributed by atoms with Gasteiger partial charge in [0.1, 0.15) is 23.8 Å². The predicted molar refractivity (Wildman–Crippen MR) is 114 cm³/mol. The van der Waals surface area contributed by atoms with Crippen molar-refractivity contribution in [1.29, 1.82) is 0 Å². The van der Waals surface area contributed by atoms with Crippen molar-refractivity contribution < 1.29 is 17.9 Å². The fourth-order valence-corrected chi connectivity index (χ4v) is 3.88. The van der Waals surface area contributed by atoms with Gasteiger partial charge in [0.05, 0.1) is 32.7 Å². The number of hydrogen-bond acceptors (Lipinski definition) is 9. The van der Waals surface area contributed by atoms with Crippen LogP contribution in [0.1, 0.15) is 13.8 Å². The molecule has 32 heavy (non-hydrogen) atoms. The Hall–Kier alpha value is -3.99. The lowest BCUT2D eigenvalue weighted by Gasteiger charge is -2.08. The Labute approximate surface area is 183 Å². The maximum atomic E-state index is 12.3. The molecule has 3 heterocycles. The van der Waals surface area contributed by atoms with E-state index in [1.807, 2.05) is 0 Å². The van der Waals surface area contributed by atoms with Crippen molar-refractivity contribution in [3.8, 4) is 34.1 Å². The second-order valence-electron chi connectivity index (χ2n) is 7.07. The van der Waals surface area contributed by atoms with Gasteiger partial charge in [0.25, 0.3) is 5.69 Å². The van der Waals surface area contributed by atoms with E-state index in [2.05, 4.69) is 26.3 Å². The smallest absolute Gasteiger partial charge is 0.287 e. The highest BCUT2D eigenvalue weighted by Gasteiger charge is 2.19. The van der Waals surface area contributed by atoms with Gasteiger partial charge in [-0.1, -0.05) is 17.3 Å². The SMILES string of the molecule is CC(C)S(=O)(=O)c1ccc(-c2cn[c]c(-c3cc(-c4ccc([N+](=O)[O-])cn4)no3)n2)cc1. The molecule has 1 radical (unpaired) electrons. The van der Waals surface area contributed by atoms with Crippen molar-refractivity contribution in [1.82, 2.24) is 20.1 Å². The monoisotopic (exact) mass is 450 g/mol. The highest BCUT2D eigenvalue weighted by atomic mass is 32.2. The summed E-state index contributed by atoms with van der Waals surface area (Å²) in [7, 11) is -3.37. The topological polar surface area (TPSA) is 142 Å². The summed E-state index contributed by atoms with van der Waals surface area (Å²) in [6, 6.07) is 10.8. The number of benzene rings is 1. The quantitative estimate of drug-likeness (QED) is 0.317. The van der Waals surface area contributed by atoms with Gasteiger partial charge in [0, 0.05) is 17.7 Å². The van der Waals surface area contributed by atoms with Gasteiger partial charge < -0.3 is 4.52 Å². The summed E-state index contributed by atoms with van der Waals surface area (Å²) in [6.45, 7) is 3.26. The average molecular weight is 450 g/mol. The minimum atomic E-state index is -3.37. The number of aromatic nitrogens is 4. The maximum absolute atomic E-state index is 12.3. The zero-order valence-corrected chi connectivity index (χ0v) is 17.8. The Morgan fingerprint density at radius 2 is 1.78 bits per heavy atom. The van der Waals surface area contributed by atoms with Crippen molar-refractivity contribution in [2.24, 2.45) is 0 Å². The van der Waals surface area contributed by atoms with E-state index >= 15 is 0 Å². The van der Waals surface area contributed by atoms with Gasteiger partial charge in [-0.15, -0.1) is 0 Å². The minimum absolute atomic E-state index is 0.128. The number of nitrogens with zero attached hydrogens (tertiary/aromatic N) is 5. The van der Waals surface area contributed by atoms with Crippen LogP contribution in [0.25, 0.3) is 34.1 Å². The molecule has 4 rings (SSSR count). The van der Waals surface area contributed by atoms with Crippen LogP contribution in [0.2, 0.25) is 0 Å². The molecule has 0 amide bonds. The van der Waals surface area contributed by atoms with Crippen LogP contribution in [0.5, 0.6) is 0 Å². The first-order valence-corrected chi connectivity index (χ1v) is 11.0. The van der Waals surface area contributed by atoms with Crippen LogP contribution in [0.15, 0.2) is 64.3 Å². The van der Waals surface area contributed by atoms with Crippen molar-refractivity contribution in [3.63, 3.8) is 0 Å². The van der Waals surface area contributed by atoms with Gasteiger partial charge in [0.15, 0.2) is 15.6 Å². The molecule has 0 aliphatic rings. The molecule has 0 saturated heterocycles. The fraction of sp³-hybridized carbons (Fsp3) is 0.143. The molecule has 161 valence electrons. The van der Waals surface area contributed by atoms with Crippen LogP contribution < -0.4 is 0 Å². The number of nitro groups is 1. The number of rotatable bonds is 6. The highest BCUT2D eigenvalue weighted by Crippen LogP contribution is 2.27. The second kappa shape index (κ2) is 8.27. The summed E-state index contributed by atoms with van der Waals surface area (Å²) in [5, 5.41) is 14.2. The predicted octanol–water partition coefficient (Wildman–Crippen LogP) is 3.75. The average Bonchev–Trinajstić information content (AvgIpc) is 3.29. The van der Waals surface area contributed by atoms with Crippen LogP contribution in [-0.4, -0.2) is 38.7 Å². The molecule has 1 aromatic carbocycles. The molecule has 3 aromatic heterocycles. The summed E-state index contributed by atoms with van der Waals surface area (Å²) >= 11 is 0. The van der Waals surface area contributed by atoms with Gasteiger partial charge >= 0.3 is 0 Å². The van der Waals surface area contributed by atoms with Crippen molar-refractivity contribution in [2.75, 3.05) is 0 Å². The molecule has 0 spiro atoms. The first kappa shape index (κ1) is 21.2. The third kappa shape index (κ3) is 4.10. The van der Waals surface area contributed by atoms with Crippen LogP contribution in [0, 0.1) is 16.3 Å². The molecule has 0 unspecified atom stereocenters. The minimum Gasteiger partial charge on any atom is -0.354 e. The molecule has 10 nitrogen and oxygen atoms in total. The second-order valence-corrected chi connectivity index (χ2v) is 9.57. The third-order valence-corrected chi connectivity index (χ3v) is 6.82. The fourth-order valence-electron chi connectivity index (χ4n) is 2.82. The molecular weight excluding hydrogens is 434 g/mol. The largest absolute Gasteiger partial charge is 0.354 e. The number of sulfone groups is 1. The Morgan fingerprint density at radius 1 is 1.03 bits per heavy atom. The summed E-state index contributed by atoms with van der Waals surface area (Å²) in [6.07, 6.45) is 5.38. The van der Waals surface area contributed by atoms with E-state index < -0.39 is 20.0 Å². The molecule has 0 bridgehead atoms. The Bertz CT molecular complexity index is 1380. The lowest BCUT2D eigenvalue weighted by molar-refractivity contribution is -0.385. The Balaban J connectivity index is 1.61. The molecule has 0 N–H and O–H groups in total. The summed E-state index contributed by atoms with van der Waals surface area (Å²) in [5.41, 5.74) is 2.11. The van der Waals surface area contributed by atoms with Crippen LogP contribution in [0.3, 0.4) is 0 Å².